The third kappa shape index (κ3) is 5.02. The van der Waals surface area contributed by atoms with Gasteiger partial charge < -0.3 is 5.32 Å². The number of rotatable bonds is 5. The number of hydrogen-bond acceptors (Lipinski definition) is 1. The van der Waals surface area contributed by atoms with Crippen molar-refractivity contribution in [2.75, 3.05) is 11.9 Å². The number of hydrogen-bond donors (Lipinski definition) is 1. The molecule has 0 aliphatic rings. The number of alkyl halides is 1. The molecule has 0 radical (unpaired) electrons. The first kappa shape index (κ1) is 16.2. The van der Waals surface area contributed by atoms with Crippen LogP contribution >= 0.6 is 47.8 Å². The Morgan fingerprint density at radius 3 is 2.61 bits per heavy atom. The highest BCUT2D eigenvalue weighted by molar-refractivity contribution is 9.11. The minimum absolute atomic E-state index is 0.0502. The van der Waals surface area contributed by atoms with Gasteiger partial charge in [0.15, 0.2) is 0 Å². The summed E-state index contributed by atoms with van der Waals surface area (Å²) in [7, 11) is 0. The van der Waals surface area contributed by atoms with E-state index in [1.54, 1.807) is 0 Å². The molecule has 1 rings (SSSR count). The average molecular weight is 442 g/mol. The summed E-state index contributed by atoms with van der Waals surface area (Å²) in [5, 5.41) is 3.92. The van der Waals surface area contributed by atoms with Gasteiger partial charge in [-0.1, -0.05) is 45.7 Å². The van der Waals surface area contributed by atoms with Crippen LogP contribution in [0, 0.1) is 5.41 Å². The van der Waals surface area contributed by atoms with Crippen molar-refractivity contribution in [1.29, 1.82) is 0 Å². The Balaban J connectivity index is 2.69. The normalized spacial score (nSPS) is 11.4. The summed E-state index contributed by atoms with van der Waals surface area (Å²) in [4.78, 5) is 12.1. The van der Waals surface area contributed by atoms with Crippen molar-refractivity contribution in [3.63, 3.8) is 0 Å². The van der Waals surface area contributed by atoms with Crippen LogP contribution in [-0.4, -0.2) is 17.8 Å². The summed E-state index contributed by atoms with van der Waals surface area (Å²) in [6.07, 6.45) is 1.02. The summed E-state index contributed by atoms with van der Waals surface area (Å²) in [5.41, 5.74) is 0.747. The first-order valence-corrected chi connectivity index (χ1v) is 8.36. The quantitative estimate of drug-likeness (QED) is 0.656. The van der Waals surface area contributed by atoms with Crippen LogP contribution < -0.4 is 5.32 Å². The zero-order chi connectivity index (χ0) is 13.8. The molecule has 1 aromatic rings. The molecule has 1 amide bonds. The van der Waals surface area contributed by atoms with Crippen LogP contribution in [0.2, 0.25) is 0 Å². The average Bonchev–Trinajstić information content (AvgIpc) is 2.29. The fraction of sp³-hybridized carbons (Fsp3) is 0.462. The van der Waals surface area contributed by atoms with E-state index in [1.165, 1.54) is 0 Å². The topological polar surface area (TPSA) is 29.1 Å². The standard InChI is InChI=1S/C13H16Br3NO/c1-13(2,5-6-14)8-17-12(18)10-7-9(15)3-4-11(10)16/h3-4,7H,5-6,8H2,1-2H3,(H,17,18). The summed E-state index contributed by atoms with van der Waals surface area (Å²) in [6.45, 7) is 4.95. The van der Waals surface area contributed by atoms with Gasteiger partial charge in [0.05, 0.1) is 5.56 Å². The number of nitrogens with one attached hydrogen (secondary N) is 1. The molecule has 1 N–H and O–H groups in total. The van der Waals surface area contributed by atoms with Crippen LogP contribution in [0.4, 0.5) is 0 Å². The van der Waals surface area contributed by atoms with Crippen molar-refractivity contribution in [2.45, 2.75) is 20.3 Å². The van der Waals surface area contributed by atoms with Gasteiger partial charge in [0.25, 0.3) is 5.91 Å². The van der Waals surface area contributed by atoms with Crippen molar-refractivity contribution < 1.29 is 4.79 Å². The largest absolute Gasteiger partial charge is 0.351 e. The van der Waals surface area contributed by atoms with Crippen LogP contribution in [0.5, 0.6) is 0 Å². The number of carbonyl (C=O) groups excluding carboxylic acids is 1. The lowest BCUT2D eigenvalue weighted by Gasteiger charge is -2.24. The van der Waals surface area contributed by atoms with Crippen molar-refractivity contribution >= 4 is 53.7 Å². The Labute approximate surface area is 133 Å². The van der Waals surface area contributed by atoms with Crippen LogP contribution in [0.3, 0.4) is 0 Å². The highest BCUT2D eigenvalue weighted by atomic mass is 79.9. The molecule has 18 heavy (non-hydrogen) atoms. The number of carbonyl (C=O) groups is 1. The molecule has 0 heterocycles. The van der Waals surface area contributed by atoms with Crippen molar-refractivity contribution in [1.82, 2.24) is 5.32 Å². The Bertz CT molecular complexity index is 432. The van der Waals surface area contributed by atoms with E-state index in [4.69, 9.17) is 0 Å². The Morgan fingerprint density at radius 2 is 2.00 bits per heavy atom. The zero-order valence-corrected chi connectivity index (χ0v) is 15.2. The molecule has 2 nitrogen and oxygen atoms in total. The van der Waals surface area contributed by atoms with E-state index in [1.807, 2.05) is 18.2 Å². The molecule has 0 unspecified atom stereocenters. The highest BCUT2D eigenvalue weighted by Crippen LogP contribution is 2.23. The van der Waals surface area contributed by atoms with Crippen molar-refractivity contribution in [2.24, 2.45) is 5.41 Å². The van der Waals surface area contributed by atoms with Crippen LogP contribution in [-0.2, 0) is 0 Å². The molecule has 5 heteroatoms. The van der Waals surface area contributed by atoms with Gasteiger partial charge >= 0.3 is 0 Å². The first-order valence-electron chi connectivity index (χ1n) is 5.65. The Hall–Kier alpha value is 0.130. The first-order chi connectivity index (χ1) is 8.35. The fourth-order valence-corrected chi connectivity index (χ4v) is 3.29. The van der Waals surface area contributed by atoms with Crippen LogP contribution in [0.25, 0.3) is 0 Å². The van der Waals surface area contributed by atoms with E-state index in [0.717, 1.165) is 20.7 Å². The number of benzene rings is 1. The monoisotopic (exact) mass is 439 g/mol. The SMILES string of the molecule is CC(C)(CCBr)CNC(=O)c1cc(Br)ccc1Br. The molecule has 100 valence electrons. The lowest BCUT2D eigenvalue weighted by atomic mass is 9.90. The predicted molar refractivity (Wildman–Crippen MR) is 86.4 cm³/mol. The molecule has 0 saturated heterocycles. The number of halogens is 3. The molecule has 0 bridgehead atoms. The summed E-state index contributed by atoms with van der Waals surface area (Å²) in [6, 6.07) is 5.58. The highest BCUT2D eigenvalue weighted by Gasteiger charge is 2.19. The smallest absolute Gasteiger partial charge is 0.252 e. The summed E-state index contributed by atoms with van der Waals surface area (Å²) in [5.74, 6) is -0.0502. The molecule has 0 spiro atoms. The van der Waals surface area contributed by atoms with E-state index < -0.39 is 0 Å². The molecule has 0 saturated carbocycles. The van der Waals surface area contributed by atoms with E-state index in [0.29, 0.717) is 12.1 Å². The third-order valence-electron chi connectivity index (χ3n) is 2.67. The van der Waals surface area contributed by atoms with Gasteiger partial charge in [0.1, 0.15) is 0 Å². The summed E-state index contributed by atoms with van der Waals surface area (Å²) < 4.78 is 1.71. The van der Waals surface area contributed by atoms with Gasteiger partial charge in [-0.15, -0.1) is 0 Å². The molecular formula is C13H16Br3NO. The van der Waals surface area contributed by atoms with Gasteiger partial charge in [-0.25, -0.2) is 0 Å². The van der Waals surface area contributed by atoms with Gasteiger partial charge in [-0.3, -0.25) is 4.79 Å². The van der Waals surface area contributed by atoms with Gasteiger partial charge in [-0.2, -0.15) is 0 Å². The third-order valence-corrected chi connectivity index (χ3v) is 4.25. The second kappa shape index (κ2) is 7.06. The van der Waals surface area contributed by atoms with E-state index in [9.17, 15) is 4.79 Å². The maximum atomic E-state index is 12.1. The molecule has 0 aromatic heterocycles. The van der Waals surface area contributed by atoms with Gasteiger partial charge in [0.2, 0.25) is 0 Å². The van der Waals surface area contributed by atoms with E-state index >= 15 is 0 Å². The minimum atomic E-state index is -0.0502. The minimum Gasteiger partial charge on any atom is -0.351 e. The second-order valence-corrected chi connectivity index (χ2v) is 7.47. The molecule has 1 aromatic carbocycles. The summed E-state index contributed by atoms with van der Waals surface area (Å²) >= 11 is 10.2. The van der Waals surface area contributed by atoms with Crippen molar-refractivity contribution in [3.05, 3.63) is 32.7 Å². The Kier molecular flexibility index (Phi) is 6.35. The van der Waals surface area contributed by atoms with Crippen molar-refractivity contribution in [3.8, 4) is 0 Å². The molecule has 0 fully saturated rings. The molecule has 0 atom stereocenters. The van der Waals surface area contributed by atoms with Gasteiger partial charge in [-0.05, 0) is 46.0 Å². The van der Waals surface area contributed by atoms with Crippen LogP contribution in [0.1, 0.15) is 30.6 Å². The molecular weight excluding hydrogens is 426 g/mol. The lowest BCUT2D eigenvalue weighted by molar-refractivity contribution is 0.0935. The maximum Gasteiger partial charge on any atom is 0.252 e. The maximum absolute atomic E-state index is 12.1. The molecule has 0 aliphatic carbocycles. The Morgan fingerprint density at radius 1 is 1.33 bits per heavy atom. The lowest BCUT2D eigenvalue weighted by Crippen LogP contribution is -2.34. The predicted octanol–water partition coefficient (Wildman–Crippen LogP) is 4.75. The number of amides is 1. The van der Waals surface area contributed by atoms with E-state index in [2.05, 4.69) is 67.0 Å². The zero-order valence-electron chi connectivity index (χ0n) is 10.4. The molecule has 0 aliphatic heterocycles. The van der Waals surface area contributed by atoms with E-state index in [-0.39, 0.29) is 11.3 Å². The van der Waals surface area contributed by atoms with Crippen LogP contribution in [0.15, 0.2) is 27.1 Å². The van der Waals surface area contributed by atoms with Gasteiger partial charge in [0, 0.05) is 20.8 Å². The fourth-order valence-electron chi connectivity index (χ4n) is 1.43. The second-order valence-electron chi connectivity index (χ2n) is 4.91.